The number of para-hydroxylation sites is 2. The Kier molecular flexibility index (Phi) is 10.6. The zero-order valence-corrected chi connectivity index (χ0v) is 50.0. The molecule has 2 aliphatic carbocycles. The number of hydrogen-bond acceptors (Lipinski definition) is 4. The lowest BCUT2D eigenvalue weighted by Gasteiger charge is -2.42. The molecule has 0 amide bonds. The van der Waals surface area contributed by atoms with E-state index >= 15 is 0 Å². The average Bonchev–Trinajstić information content (AvgIpc) is 4.18. The molecular formula is C78H69NO2S. The van der Waals surface area contributed by atoms with Crippen molar-refractivity contribution in [2.75, 3.05) is 4.90 Å². The van der Waals surface area contributed by atoms with Crippen molar-refractivity contribution in [1.29, 1.82) is 0 Å². The minimum Gasteiger partial charge on any atom is -0.457 e. The number of anilines is 3. The molecule has 0 radical (unpaired) electrons. The number of rotatable bonds is 3. The van der Waals surface area contributed by atoms with Gasteiger partial charge in [0.25, 0.3) is 0 Å². The van der Waals surface area contributed by atoms with Crippen LogP contribution in [0.5, 0.6) is 23.0 Å². The quantitative estimate of drug-likeness (QED) is 0.176. The molecule has 11 aromatic rings. The number of thiophene rings is 1. The van der Waals surface area contributed by atoms with Crippen molar-refractivity contribution in [3.63, 3.8) is 0 Å². The molecule has 0 N–H and O–H groups in total. The van der Waals surface area contributed by atoms with Gasteiger partial charge >= 0.3 is 0 Å². The monoisotopic (exact) mass is 1080 g/mol. The summed E-state index contributed by atoms with van der Waals surface area (Å²) < 4.78 is 17.0. The van der Waals surface area contributed by atoms with Crippen LogP contribution in [0.15, 0.2) is 200 Å². The first kappa shape index (κ1) is 50.8. The molecule has 3 nitrogen and oxygen atoms in total. The Balaban J connectivity index is 1.06. The average molecular weight is 1080 g/mol. The maximum atomic E-state index is 7.22. The Morgan fingerprint density at radius 2 is 0.683 bits per heavy atom. The lowest BCUT2D eigenvalue weighted by molar-refractivity contribution is 0.436. The molecule has 2 spiro atoms. The number of ether oxygens (including phenoxy) is 2. The van der Waals surface area contributed by atoms with Crippen molar-refractivity contribution < 1.29 is 9.47 Å². The molecule has 1 aromatic heterocycles. The zero-order valence-electron chi connectivity index (χ0n) is 49.2. The summed E-state index contributed by atoms with van der Waals surface area (Å²) in [5.41, 5.74) is 21.4. The molecule has 0 atom stereocenters. The van der Waals surface area contributed by atoms with Gasteiger partial charge in [0.15, 0.2) is 0 Å². The van der Waals surface area contributed by atoms with Gasteiger partial charge in [0.1, 0.15) is 23.0 Å². The van der Waals surface area contributed by atoms with Crippen molar-refractivity contribution in [1.82, 2.24) is 0 Å². The third-order valence-electron chi connectivity index (χ3n) is 18.6. The summed E-state index contributed by atoms with van der Waals surface area (Å²) in [7, 11) is 0. The molecule has 2 aliphatic heterocycles. The van der Waals surface area contributed by atoms with Gasteiger partial charge in [-0.25, -0.2) is 0 Å². The van der Waals surface area contributed by atoms with Crippen molar-refractivity contribution in [3.05, 3.63) is 267 Å². The summed E-state index contributed by atoms with van der Waals surface area (Å²) in [4.78, 5) is 2.55. The molecule has 0 unspecified atom stereocenters. The van der Waals surface area contributed by atoms with Gasteiger partial charge in [-0.3, -0.25) is 0 Å². The Hall–Kier alpha value is -8.18. The maximum Gasteiger partial charge on any atom is 0.132 e. The summed E-state index contributed by atoms with van der Waals surface area (Å²) in [6.07, 6.45) is 0. The summed E-state index contributed by atoms with van der Waals surface area (Å²) in [6, 6.07) is 76.6. The Bertz CT molecular complexity index is 4160. The summed E-state index contributed by atoms with van der Waals surface area (Å²) in [6.45, 7) is 28.0. The van der Waals surface area contributed by atoms with Crippen LogP contribution in [0, 0.1) is 0 Å². The minimum absolute atomic E-state index is 0.0905. The number of fused-ring (bicyclic) bond motifs is 21. The largest absolute Gasteiger partial charge is 0.457 e. The van der Waals surface area contributed by atoms with E-state index < -0.39 is 10.8 Å². The zero-order chi connectivity index (χ0) is 56.6. The second-order valence-electron chi connectivity index (χ2n) is 27.7. The molecule has 4 aliphatic rings. The van der Waals surface area contributed by atoms with E-state index in [-0.39, 0.29) is 21.7 Å². The number of hydrogen-bond donors (Lipinski definition) is 0. The fraction of sp³-hybridized carbons (Fsp3) is 0.231. The van der Waals surface area contributed by atoms with E-state index in [1.165, 1.54) is 86.9 Å². The SMILES string of the molecule is CC(C)(C)c1ccc2c(c1)C1(c3ccccc3Oc3ccc(N(c4ccc5c(c4)C4(c6ccccc6O5)c5cc(C(C)(C)C)ccc5-c5ccc(C(C)(C)C)cc54)c4cccc5sc6ccccc6c45)cc31)c1cc(C(C)(C)C)ccc1-2. The van der Waals surface area contributed by atoms with Crippen LogP contribution in [-0.2, 0) is 32.5 Å². The number of benzene rings is 10. The van der Waals surface area contributed by atoms with Gasteiger partial charge in [-0.2, -0.15) is 0 Å². The first-order valence-electron chi connectivity index (χ1n) is 29.3. The van der Waals surface area contributed by atoms with Gasteiger partial charge < -0.3 is 14.4 Å². The highest BCUT2D eigenvalue weighted by Crippen LogP contribution is 2.66. The molecule has 404 valence electrons. The van der Waals surface area contributed by atoms with Crippen LogP contribution >= 0.6 is 11.3 Å². The lowest BCUT2D eigenvalue weighted by atomic mass is 9.64. The van der Waals surface area contributed by atoms with Crippen LogP contribution in [0.4, 0.5) is 17.1 Å². The second kappa shape index (κ2) is 17.2. The van der Waals surface area contributed by atoms with Gasteiger partial charge in [0.05, 0.1) is 16.5 Å². The van der Waals surface area contributed by atoms with Gasteiger partial charge in [-0.05, 0) is 155 Å². The molecule has 10 aromatic carbocycles. The highest BCUT2D eigenvalue weighted by atomic mass is 32.1. The van der Waals surface area contributed by atoms with Crippen LogP contribution in [0.2, 0.25) is 0 Å². The normalized spacial score (nSPS) is 15.0. The minimum atomic E-state index is -0.718. The van der Waals surface area contributed by atoms with Crippen molar-refractivity contribution >= 4 is 48.6 Å². The first-order chi connectivity index (χ1) is 39.1. The van der Waals surface area contributed by atoms with Crippen LogP contribution in [-0.4, -0.2) is 0 Å². The third kappa shape index (κ3) is 7.13. The number of nitrogens with zero attached hydrogens (tertiary/aromatic N) is 1. The predicted molar refractivity (Wildman–Crippen MR) is 344 cm³/mol. The smallest absolute Gasteiger partial charge is 0.132 e. The van der Waals surface area contributed by atoms with E-state index in [1.807, 2.05) is 11.3 Å². The van der Waals surface area contributed by atoms with Crippen molar-refractivity contribution in [2.45, 2.75) is 116 Å². The fourth-order valence-corrected chi connectivity index (χ4v) is 15.5. The molecular weight excluding hydrogens is 1010 g/mol. The van der Waals surface area contributed by atoms with Crippen LogP contribution in [0.3, 0.4) is 0 Å². The van der Waals surface area contributed by atoms with E-state index in [2.05, 4.69) is 288 Å². The summed E-state index contributed by atoms with van der Waals surface area (Å²) in [5.74, 6) is 3.50. The standard InChI is InChI=1S/C78H69NO2S/c1-73(2,3)46-28-34-52-53-35-29-47(74(4,5)6)41-60(53)77(59(52)40-46)57-21-14-16-24-66(57)80-68-38-32-50(44-63(68)77)79(65-23-19-27-71-72(65)56-20-13-18-26-70(56)82-71)51-33-39-69-64(45-51)78(58-22-15-17-25-67(58)81-69)61-42-48(75(7,8)9)30-36-54(61)55-37-31-49(43-62(55)78)76(10,11)12/h13-45H,1-12H3. The molecule has 0 bridgehead atoms. The topological polar surface area (TPSA) is 21.7 Å². The Morgan fingerprint density at radius 3 is 1.10 bits per heavy atom. The summed E-state index contributed by atoms with van der Waals surface area (Å²) in [5, 5.41) is 2.47. The van der Waals surface area contributed by atoms with Crippen LogP contribution < -0.4 is 14.4 Å². The lowest BCUT2D eigenvalue weighted by Crippen LogP contribution is -2.33. The van der Waals surface area contributed by atoms with Gasteiger partial charge in [0, 0.05) is 53.8 Å². The fourth-order valence-electron chi connectivity index (χ4n) is 14.4. The second-order valence-corrected chi connectivity index (χ2v) is 28.8. The molecule has 4 heteroatoms. The molecule has 15 rings (SSSR count). The molecule has 3 heterocycles. The first-order valence-corrected chi connectivity index (χ1v) is 30.1. The van der Waals surface area contributed by atoms with Crippen LogP contribution in [0.25, 0.3) is 42.4 Å². The molecule has 82 heavy (non-hydrogen) atoms. The van der Waals surface area contributed by atoms with Crippen molar-refractivity contribution in [2.24, 2.45) is 0 Å². The Morgan fingerprint density at radius 1 is 0.317 bits per heavy atom. The maximum absolute atomic E-state index is 7.22. The highest BCUT2D eigenvalue weighted by Gasteiger charge is 2.54. The van der Waals surface area contributed by atoms with Crippen LogP contribution in [0.1, 0.15) is 150 Å². The van der Waals surface area contributed by atoms with E-state index in [9.17, 15) is 0 Å². The highest BCUT2D eigenvalue weighted by molar-refractivity contribution is 7.26. The molecule has 0 saturated heterocycles. The predicted octanol–water partition coefficient (Wildman–Crippen LogP) is 21.7. The molecule has 0 saturated carbocycles. The van der Waals surface area contributed by atoms with E-state index in [0.29, 0.717) is 0 Å². The Labute approximate surface area is 487 Å². The van der Waals surface area contributed by atoms with E-state index in [0.717, 1.165) is 62.3 Å². The third-order valence-corrected chi connectivity index (χ3v) is 19.8. The van der Waals surface area contributed by atoms with Gasteiger partial charge in [0.2, 0.25) is 0 Å². The van der Waals surface area contributed by atoms with E-state index in [1.54, 1.807) is 0 Å². The van der Waals surface area contributed by atoms with Crippen molar-refractivity contribution in [3.8, 4) is 45.3 Å². The molecule has 0 fully saturated rings. The van der Waals surface area contributed by atoms with Gasteiger partial charge in [-0.15, -0.1) is 11.3 Å². The van der Waals surface area contributed by atoms with Gasteiger partial charge in [-0.1, -0.05) is 217 Å². The van der Waals surface area contributed by atoms with E-state index in [4.69, 9.17) is 9.47 Å². The summed E-state index contributed by atoms with van der Waals surface area (Å²) >= 11 is 1.86.